The normalized spacial score (nSPS) is 11.4. The average molecular weight is 140 g/mol. The minimum atomic E-state index is 0.181. The van der Waals surface area contributed by atoms with Crippen molar-refractivity contribution in [1.29, 1.82) is 0 Å². The van der Waals surface area contributed by atoms with Crippen LogP contribution in [-0.4, -0.2) is 11.7 Å². The number of aliphatic hydroxyl groups excluding tert-OH is 1. The lowest BCUT2D eigenvalue weighted by atomic mass is 10.2. The van der Waals surface area contributed by atoms with E-state index in [0.29, 0.717) is 0 Å². The standard InChI is InChI=1S/C9H16O/c1-4-9(7-10)6-5-8(2)3/h5-6,10H,4,7H2,1-3H3/b9-6+. The molecule has 0 aliphatic rings. The molecule has 0 rings (SSSR count). The molecule has 0 aliphatic heterocycles. The highest BCUT2D eigenvalue weighted by Gasteiger charge is 1.86. The summed E-state index contributed by atoms with van der Waals surface area (Å²) in [5.41, 5.74) is 2.35. The second-order valence-corrected chi connectivity index (χ2v) is 2.58. The molecule has 0 saturated heterocycles. The minimum Gasteiger partial charge on any atom is -0.392 e. The lowest BCUT2D eigenvalue weighted by Gasteiger charge is -1.95. The summed E-state index contributed by atoms with van der Waals surface area (Å²) < 4.78 is 0. The molecule has 1 heteroatoms. The minimum absolute atomic E-state index is 0.181. The van der Waals surface area contributed by atoms with Crippen molar-refractivity contribution in [2.45, 2.75) is 27.2 Å². The molecule has 0 saturated carbocycles. The van der Waals surface area contributed by atoms with Crippen LogP contribution >= 0.6 is 0 Å². The van der Waals surface area contributed by atoms with Crippen molar-refractivity contribution >= 4 is 0 Å². The molecule has 0 aliphatic carbocycles. The van der Waals surface area contributed by atoms with Crippen LogP contribution in [0.1, 0.15) is 27.2 Å². The molecule has 0 heterocycles. The van der Waals surface area contributed by atoms with Crippen LogP contribution in [0.15, 0.2) is 23.3 Å². The van der Waals surface area contributed by atoms with E-state index >= 15 is 0 Å². The van der Waals surface area contributed by atoms with E-state index in [-0.39, 0.29) is 6.61 Å². The van der Waals surface area contributed by atoms with Crippen LogP contribution in [0.3, 0.4) is 0 Å². The SMILES string of the molecule is CC/C(=C\C=C(C)C)CO. The van der Waals surface area contributed by atoms with Gasteiger partial charge in [0.15, 0.2) is 0 Å². The average Bonchev–Trinajstić information content (AvgIpc) is 1.90. The third-order valence-corrected chi connectivity index (χ3v) is 1.31. The lowest BCUT2D eigenvalue weighted by molar-refractivity contribution is 0.327. The number of rotatable bonds is 3. The quantitative estimate of drug-likeness (QED) is 0.596. The molecule has 0 amide bonds. The van der Waals surface area contributed by atoms with E-state index in [1.807, 2.05) is 32.9 Å². The van der Waals surface area contributed by atoms with Crippen molar-refractivity contribution in [1.82, 2.24) is 0 Å². The highest BCUT2D eigenvalue weighted by Crippen LogP contribution is 2.00. The molecule has 0 spiro atoms. The van der Waals surface area contributed by atoms with Gasteiger partial charge < -0.3 is 5.11 Å². The molecule has 1 N–H and O–H groups in total. The van der Waals surface area contributed by atoms with Crippen LogP contribution < -0.4 is 0 Å². The number of hydrogen-bond acceptors (Lipinski definition) is 1. The molecule has 0 atom stereocenters. The predicted octanol–water partition coefficient (Wildman–Crippen LogP) is 2.28. The molecule has 10 heavy (non-hydrogen) atoms. The zero-order chi connectivity index (χ0) is 7.98. The summed E-state index contributed by atoms with van der Waals surface area (Å²) in [7, 11) is 0. The summed E-state index contributed by atoms with van der Waals surface area (Å²) in [6.07, 6.45) is 4.94. The zero-order valence-corrected chi connectivity index (χ0v) is 7.02. The smallest absolute Gasteiger partial charge is 0.0644 e. The maximum absolute atomic E-state index is 8.74. The maximum atomic E-state index is 8.74. The summed E-state index contributed by atoms with van der Waals surface area (Å²) in [6, 6.07) is 0. The van der Waals surface area contributed by atoms with E-state index < -0.39 is 0 Å². The summed E-state index contributed by atoms with van der Waals surface area (Å²) in [5, 5.41) is 8.74. The van der Waals surface area contributed by atoms with Crippen molar-refractivity contribution in [3.63, 3.8) is 0 Å². The molecule has 1 nitrogen and oxygen atoms in total. The van der Waals surface area contributed by atoms with Gasteiger partial charge >= 0.3 is 0 Å². The Balaban J connectivity index is 3.99. The third-order valence-electron chi connectivity index (χ3n) is 1.31. The van der Waals surface area contributed by atoms with Crippen LogP contribution in [-0.2, 0) is 0 Å². The fraction of sp³-hybridized carbons (Fsp3) is 0.556. The lowest BCUT2D eigenvalue weighted by Crippen LogP contribution is -1.86. The number of aliphatic hydroxyl groups is 1. The van der Waals surface area contributed by atoms with Gasteiger partial charge in [-0.3, -0.25) is 0 Å². The van der Waals surface area contributed by atoms with Crippen LogP contribution in [0.25, 0.3) is 0 Å². The predicted molar refractivity (Wildman–Crippen MR) is 44.9 cm³/mol. The van der Waals surface area contributed by atoms with Gasteiger partial charge in [-0.05, 0) is 25.8 Å². The second kappa shape index (κ2) is 5.24. The van der Waals surface area contributed by atoms with Gasteiger partial charge in [-0.1, -0.05) is 24.6 Å². The van der Waals surface area contributed by atoms with E-state index in [1.165, 1.54) is 5.57 Å². The molecular weight excluding hydrogens is 124 g/mol. The van der Waals surface area contributed by atoms with Crippen LogP contribution in [0.2, 0.25) is 0 Å². The molecule has 0 fully saturated rings. The molecule has 0 aromatic heterocycles. The van der Waals surface area contributed by atoms with E-state index in [1.54, 1.807) is 0 Å². The second-order valence-electron chi connectivity index (χ2n) is 2.58. The largest absolute Gasteiger partial charge is 0.392 e. The topological polar surface area (TPSA) is 20.2 Å². The molecular formula is C9H16O. The van der Waals surface area contributed by atoms with Gasteiger partial charge in [-0.15, -0.1) is 0 Å². The van der Waals surface area contributed by atoms with E-state index in [9.17, 15) is 0 Å². The first-order valence-electron chi connectivity index (χ1n) is 3.64. The summed E-state index contributed by atoms with van der Waals surface area (Å²) in [5.74, 6) is 0. The molecule has 0 aromatic rings. The van der Waals surface area contributed by atoms with Crippen LogP contribution in [0, 0.1) is 0 Å². The number of allylic oxidation sites excluding steroid dienone is 3. The summed E-state index contributed by atoms with van der Waals surface area (Å²) >= 11 is 0. The monoisotopic (exact) mass is 140 g/mol. The van der Waals surface area contributed by atoms with Crippen LogP contribution in [0.4, 0.5) is 0 Å². The highest BCUT2D eigenvalue weighted by molar-refractivity contribution is 5.15. The first-order valence-corrected chi connectivity index (χ1v) is 3.64. The molecule has 0 aromatic carbocycles. The van der Waals surface area contributed by atoms with Crippen molar-refractivity contribution < 1.29 is 5.11 Å². The van der Waals surface area contributed by atoms with Gasteiger partial charge in [0, 0.05) is 0 Å². The molecule has 0 bridgehead atoms. The fourth-order valence-corrected chi connectivity index (χ4v) is 0.567. The van der Waals surface area contributed by atoms with Crippen molar-refractivity contribution in [3.05, 3.63) is 23.3 Å². The van der Waals surface area contributed by atoms with E-state index in [0.717, 1.165) is 12.0 Å². The van der Waals surface area contributed by atoms with E-state index in [4.69, 9.17) is 5.11 Å². The van der Waals surface area contributed by atoms with Gasteiger partial charge in [-0.2, -0.15) is 0 Å². The van der Waals surface area contributed by atoms with Gasteiger partial charge in [0.1, 0.15) is 0 Å². The van der Waals surface area contributed by atoms with Gasteiger partial charge in [0.2, 0.25) is 0 Å². The Hall–Kier alpha value is -0.560. The van der Waals surface area contributed by atoms with Gasteiger partial charge in [-0.25, -0.2) is 0 Å². The Morgan fingerprint density at radius 3 is 2.20 bits per heavy atom. The highest BCUT2D eigenvalue weighted by atomic mass is 16.3. The van der Waals surface area contributed by atoms with Crippen molar-refractivity contribution in [2.24, 2.45) is 0 Å². The number of hydrogen-bond donors (Lipinski definition) is 1. The van der Waals surface area contributed by atoms with Crippen molar-refractivity contribution in [2.75, 3.05) is 6.61 Å². The maximum Gasteiger partial charge on any atom is 0.0644 e. The van der Waals surface area contributed by atoms with Crippen LogP contribution in [0.5, 0.6) is 0 Å². The van der Waals surface area contributed by atoms with Gasteiger partial charge in [0.25, 0.3) is 0 Å². The molecule has 0 radical (unpaired) electrons. The Bertz CT molecular complexity index is 133. The first kappa shape index (κ1) is 9.44. The Kier molecular flexibility index (Phi) is 4.95. The molecule has 0 unspecified atom stereocenters. The van der Waals surface area contributed by atoms with Gasteiger partial charge in [0.05, 0.1) is 6.61 Å². The summed E-state index contributed by atoms with van der Waals surface area (Å²) in [4.78, 5) is 0. The summed E-state index contributed by atoms with van der Waals surface area (Å²) in [6.45, 7) is 6.31. The van der Waals surface area contributed by atoms with Crippen molar-refractivity contribution in [3.8, 4) is 0 Å². The van der Waals surface area contributed by atoms with E-state index in [2.05, 4.69) is 0 Å². The fourth-order valence-electron chi connectivity index (χ4n) is 0.567. The first-order chi connectivity index (χ1) is 4.70. The Labute approximate surface area is 63.1 Å². The zero-order valence-electron chi connectivity index (χ0n) is 7.02. The molecule has 58 valence electrons. The Morgan fingerprint density at radius 1 is 1.30 bits per heavy atom. The Morgan fingerprint density at radius 2 is 1.90 bits per heavy atom. The third kappa shape index (κ3) is 4.33.